The Labute approximate surface area is 144 Å². The zero-order valence-corrected chi connectivity index (χ0v) is 15.4. The molecule has 1 aromatic rings. The Kier molecular flexibility index (Phi) is 7.53. The van der Waals surface area contributed by atoms with Crippen molar-refractivity contribution in [1.82, 2.24) is 9.80 Å². The summed E-state index contributed by atoms with van der Waals surface area (Å²) in [7, 11) is 0. The van der Waals surface area contributed by atoms with Crippen LogP contribution in [0.25, 0.3) is 0 Å². The van der Waals surface area contributed by atoms with Crippen molar-refractivity contribution < 1.29 is 4.79 Å². The van der Waals surface area contributed by atoms with Gasteiger partial charge in [0.05, 0.1) is 6.54 Å². The number of amides is 1. The number of nitrogens with two attached hydrogens (primary N) is 1. The Balaban J connectivity index is 2.00. The number of carbonyl (C=O) groups excluding carboxylic acids is 1. The van der Waals surface area contributed by atoms with E-state index in [1.54, 1.807) is 11.3 Å². The monoisotopic (exact) mass is 337 g/mol. The maximum atomic E-state index is 13.0. The lowest BCUT2D eigenvalue weighted by atomic mass is 9.85. The van der Waals surface area contributed by atoms with Gasteiger partial charge in [0.1, 0.15) is 0 Å². The minimum absolute atomic E-state index is 0.121. The molecule has 0 aliphatic heterocycles. The van der Waals surface area contributed by atoms with Crippen molar-refractivity contribution in [1.29, 1.82) is 0 Å². The highest BCUT2D eigenvalue weighted by Gasteiger charge is 2.29. The van der Waals surface area contributed by atoms with Crippen LogP contribution in [0.5, 0.6) is 0 Å². The van der Waals surface area contributed by atoms with Gasteiger partial charge < -0.3 is 15.5 Å². The summed E-state index contributed by atoms with van der Waals surface area (Å²) in [5, 5.41) is 2.08. The van der Waals surface area contributed by atoms with Crippen molar-refractivity contribution in [2.24, 2.45) is 11.7 Å². The van der Waals surface area contributed by atoms with Crippen LogP contribution in [0.4, 0.5) is 0 Å². The van der Waals surface area contributed by atoms with E-state index in [1.165, 1.54) is 4.88 Å². The molecule has 1 aliphatic rings. The topological polar surface area (TPSA) is 49.6 Å². The van der Waals surface area contributed by atoms with Gasteiger partial charge >= 0.3 is 0 Å². The molecule has 2 atom stereocenters. The van der Waals surface area contributed by atoms with Crippen molar-refractivity contribution >= 4 is 17.2 Å². The van der Waals surface area contributed by atoms with E-state index in [1.807, 2.05) is 0 Å². The van der Waals surface area contributed by atoms with Gasteiger partial charge in [-0.3, -0.25) is 4.79 Å². The lowest BCUT2D eigenvalue weighted by molar-refractivity contribution is -0.137. The van der Waals surface area contributed by atoms with Crippen LogP contribution >= 0.6 is 11.3 Å². The van der Waals surface area contributed by atoms with Gasteiger partial charge in [-0.2, -0.15) is 0 Å². The zero-order chi connectivity index (χ0) is 16.7. The summed E-state index contributed by atoms with van der Waals surface area (Å²) in [6.45, 7) is 8.92. The Morgan fingerprint density at radius 1 is 1.30 bits per heavy atom. The van der Waals surface area contributed by atoms with Crippen LogP contribution < -0.4 is 5.73 Å². The third-order valence-electron chi connectivity index (χ3n) is 4.88. The van der Waals surface area contributed by atoms with Crippen LogP contribution in [0.3, 0.4) is 0 Å². The first-order valence-electron chi connectivity index (χ1n) is 8.93. The lowest BCUT2D eigenvalue weighted by Gasteiger charge is -2.32. The van der Waals surface area contributed by atoms with Crippen LogP contribution in [0.1, 0.15) is 44.4 Å². The molecule has 1 fully saturated rings. The normalized spacial score (nSPS) is 21.6. The second-order valence-electron chi connectivity index (χ2n) is 6.49. The van der Waals surface area contributed by atoms with Crippen molar-refractivity contribution in [3.8, 4) is 0 Å². The van der Waals surface area contributed by atoms with E-state index in [2.05, 4.69) is 41.2 Å². The number of likely N-dealkylation sites (N-methyl/N-ethyl adjacent to an activating group) is 1. The number of nitrogens with zero attached hydrogens (tertiary/aromatic N) is 2. The highest BCUT2D eigenvalue weighted by molar-refractivity contribution is 7.09. The molecule has 2 rings (SSSR count). The van der Waals surface area contributed by atoms with Gasteiger partial charge in [0.2, 0.25) is 5.91 Å². The molecular formula is C18H31N3OS. The smallest absolute Gasteiger partial charge is 0.226 e. The first-order valence-corrected chi connectivity index (χ1v) is 9.81. The summed E-state index contributed by atoms with van der Waals surface area (Å²) >= 11 is 1.73. The number of hydrogen-bond donors (Lipinski definition) is 1. The quantitative estimate of drug-likeness (QED) is 0.793. The van der Waals surface area contributed by atoms with Crippen LogP contribution in [0.2, 0.25) is 0 Å². The van der Waals surface area contributed by atoms with E-state index in [0.717, 1.165) is 58.4 Å². The minimum atomic E-state index is 0.121. The number of rotatable bonds is 8. The summed E-state index contributed by atoms with van der Waals surface area (Å²) in [4.78, 5) is 18.7. The van der Waals surface area contributed by atoms with E-state index < -0.39 is 0 Å². The maximum absolute atomic E-state index is 13.0. The predicted molar refractivity (Wildman–Crippen MR) is 97.5 cm³/mol. The molecule has 130 valence electrons. The molecule has 1 heterocycles. The Morgan fingerprint density at radius 3 is 2.70 bits per heavy atom. The van der Waals surface area contributed by atoms with Crippen LogP contribution in [-0.2, 0) is 11.3 Å². The van der Waals surface area contributed by atoms with Crippen molar-refractivity contribution in [3.05, 3.63) is 22.4 Å². The number of thiophene rings is 1. The first kappa shape index (κ1) is 18.4. The SMILES string of the molecule is CCN(CC)CCN(Cc1cccs1)C(=O)C1CCCC(N)C1. The van der Waals surface area contributed by atoms with E-state index in [-0.39, 0.29) is 12.0 Å². The minimum Gasteiger partial charge on any atom is -0.336 e. The molecule has 0 spiro atoms. The summed E-state index contributed by atoms with van der Waals surface area (Å²) in [6, 6.07) is 4.38. The number of carbonyl (C=O) groups is 1. The van der Waals surface area contributed by atoms with Crippen LogP contribution in [0, 0.1) is 5.92 Å². The van der Waals surface area contributed by atoms with E-state index in [9.17, 15) is 4.79 Å². The molecule has 0 aromatic carbocycles. The Bertz CT molecular complexity index is 459. The van der Waals surface area contributed by atoms with Gasteiger partial charge in [-0.1, -0.05) is 26.3 Å². The summed E-state index contributed by atoms with van der Waals surface area (Å²) < 4.78 is 0. The van der Waals surface area contributed by atoms with Gasteiger partial charge in [-0.05, 0) is 43.8 Å². The van der Waals surface area contributed by atoms with E-state index >= 15 is 0 Å². The second kappa shape index (κ2) is 9.40. The van der Waals surface area contributed by atoms with Gasteiger partial charge in [0, 0.05) is 29.9 Å². The van der Waals surface area contributed by atoms with E-state index in [0.29, 0.717) is 5.91 Å². The van der Waals surface area contributed by atoms with Crippen LogP contribution in [-0.4, -0.2) is 47.9 Å². The highest BCUT2D eigenvalue weighted by Crippen LogP contribution is 2.26. The van der Waals surface area contributed by atoms with Gasteiger partial charge in [0.25, 0.3) is 0 Å². The van der Waals surface area contributed by atoms with Crippen LogP contribution in [0.15, 0.2) is 17.5 Å². The van der Waals surface area contributed by atoms with Gasteiger partial charge in [-0.25, -0.2) is 0 Å². The molecule has 4 nitrogen and oxygen atoms in total. The predicted octanol–water partition coefficient (Wildman–Crippen LogP) is 2.94. The molecular weight excluding hydrogens is 306 g/mol. The maximum Gasteiger partial charge on any atom is 0.226 e. The molecule has 2 unspecified atom stereocenters. The van der Waals surface area contributed by atoms with Gasteiger partial charge in [-0.15, -0.1) is 11.3 Å². The standard InChI is InChI=1S/C18H31N3OS/c1-3-20(4-2)10-11-21(14-17-9-6-12-23-17)18(22)15-7-5-8-16(19)13-15/h6,9,12,15-16H,3-5,7-8,10-11,13-14,19H2,1-2H3. The molecule has 1 amide bonds. The zero-order valence-electron chi connectivity index (χ0n) is 14.5. The fraction of sp³-hybridized carbons (Fsp3) is 0.722. The molecule has 23 heavy (non-hydrogen) atoms. The van der Waals surface area contributed by atoms with Crippen molar-refractivity contribution in [2.75, 3.05) is 26.2 Å². The molecule has 1 saturated carbocycles. The second-order valence-corrected chi connectivity index (χ2v) is 7.52. The summed E-state index contributed by atoms with van der Waals surface area (Å²) in [6.07, 6.45) is 4.00. The van der Waals surface area contributed by atoms with Crippen molar-refractivity contribution in [3.63, 3.8) is 0 Å². The average molecular weight is 338 g/mol. The fourth-order valence-corrected chi connectivity index (χ4v) is 4.09. The van der Waals surface area contributed by atoms with E-state index in [4.69, 9.17) is 5.73 Å². The Hall–Kier alpha value is -0.910. The summed E-state index contributed by atoms with van der Waals surface area (Å²) in [5.41, 5.74) is 6.09. The molecule has 0 radical (unpaired) electrons. The molecule has 1 aliphatic carbocycles. The third kappa shape index (κ3) is 5.59. The molecule has 2 N–H and O–H groups in total. The molecule has 0 saturated heterocycles. The third-order valence-corrected chi connectivity index (χ3v) is 5.74. The average Bonchev–Trinajstić information content (AvgIpc) is 3.07. The Morgan fingerprint density at radius 2 is 2.09 bits per heavy atom. The lowest BCUT2D eigenvalue weighted by Crippen LogP contribution is -2.43. The van der Waals surface area contributed by atoms with Gasteiger partial charge in [0.15, 0.2) is 0 Å². The molecule has 1 aromatic heterocycles. The van der Waals surface area contributed by atoms with Crippen molar-refractivity contribution in [2.45, 2.75) is 52.1 Å². The largest absolute Gasteiger partial charge is 0.336 e. The highest BCUT2D eigenvalue weighted by atomic mass is 32.1. The molecule has 0 bridgehead atoms. The fourth-order valence-electron chi connectivity index (χ4n) is 3.37. The number of hydrogen-bond acceptors (Lipinski definition) is 4. The molecule has 5 heteroatoms. The summed E-state index contributed by atoms with van der Waals surface area (Å²) in [5.74, 6) is 0.427. The first-order chi connectivity index (χ1) is 11.1.